The molecule has 7 heteroatoms. The number of rotatable bonds is 4. The molecule has 4 rings (SSSR count). The molecule has 1 aromatic carbocycles. The lowest BCUT2D eigenvalue weighted by molar-refractivity contribution is -0.144. The Kier molecular flexibility index (Phi) is 5.50. The maximum absolute atomic E-state index is 12.6. The van der Waals surface area contributed by atoms with Gasteiger partial charge in [-0.15, -0.1) is 11.3 Å². The van der Waals surface area contributed by atoms with Crippen molar-refractivity contribution in [2.24, 2.45) is 5.92 Å². The number of piperazine rings is 1. The van der Waals surface area contributed by atoms with Crippen molar-refractivity contribution >= 4 is 23.2 Å². The minimum atomic E-state index is -0.488. The van der Waals surface area contributed by atoms with E-state index in [9.17, 15) is 9.59 Å². The molecule has 2 aliphatic heterocycles. The Morgan fingerprint density at radius 3 is 2.70 bits per heavy atom. The highest BCUT2D eigenvalue weighted by Crippen LogP contribution is 2.23. The normalized spacial score (nSPS) is 21.1. The average Bonchev–Trinajstić information content (AvgIpc) is 3.18. The Morgan fingerprint density at radius 1 is 1.19 bits per heavy atom. The molecule has 0 saturated carbocycles. The van der Waals surface area contributed by atoms with Gasteiger partial charge in [0.25, 0.3) is 0 Å². The third kappa shape index (κ3) is 4.20. The molecule has 0 aliphatic carbocycles. The molecule has 1 atom stereocenters. The molecular formula is C20H24N4O2S. The third-order valence-electron chi connectivity index (χ3n) is 5.25. The van der Waals surface area contributed by atoms with Gasteiger partial charge in [-0.3, -0.25) is 14.5 Å². The Morgan fingerprint density at radius 2 is 1.96 bits per heavy atom. The van der Waals surface area contributed by atoms with Crippen molar-refractivity contribution in [3.63, 3.8) is 0 Å². The van der Waals surface area contributed by atoms with Gasteiger partial charge in [0.1, 0.15) is 10.9 Å². The van der Waals surface area contributed by atoms with Crippen LogP contribution in [0.3, 0.4) is 0 Å². The van der Waals surface area contributed by atoms with E-state index < -0.39 is 5.92 Å². The summed E-state index contributed by atoms with van der Waals surface area (Å²) in [5.74, 6) is -0.602. The van der Waals surface area contributed by atoms with Crippen LogP contribution in [0.2, 0.25) is 0 Å². The molecule has 27 heavy (non-hydrogen) atoms. The summed E-state index contributed by atoms with van der Waals surface area (Å²) in [5, 5.41) is 6.01. The molecule has 2 amide bonds. The Hall–Kier alpha value is -2.25. The van der Waals surface area contributed by atoms with Crippen LogP contribution in [-0.4, -0.2) is 59.3 Å². The van der Waals surface area contributed by atoms with Crippen LogP contribution in [0.4, 0.5) is 0 Å². The maximum atomic E-state index is 12.6. The van der Waals surface area contributed by atoms with Gasteiger partial charge in [-0.25, -0.2) is 4.98 Å². The minimum absolute atomic E-state index is 0.00698. The van der Waals surface area contributed by atoms with Crippen LogP contribution < -0.4 is 5.32 Å². The largest absolute Gasteiger partial charge is 0.355 e. The van der Waals surface area contributed by atoms with Crippen molar-refractivity contribution < 1.29 is 9.59 Å². The van der Waals surface area contributed by atoms with Crippen LogP contribution in [0.15, 0.2) is 35.7 Å². The van der Waals surface area contributed by atoms with E-state index >= 15 is 0 Å². The molecule has 3 heterocycles. The quantitative estimate of drug-likeness (QED) is 0.819. The molecule has 1 N–H and O–H groups in total. The van der Waals surface area contributed by atoms with Crippen molar-refractivity contribution in [1.29, 1.82) is 0 Å². The van der Waals surface area contributed by atoms with E-state index in [0.717, 1.165) is 42.3 Å². The third-order valence-corrected chi connectivity index (χ3v) is 6.08. The van der Waals surface area contributed by atoms with Crippen molar-refractivity contribution in [2.45, 2.75) is 19.4 Å². The van der Waals surface area contributed by atoms with Crippen LogP contribution in [0.1, 0.15) is 17.8 Å². The standard InChI is InChI=1S/C20H24N4O2S/c25-19-16(7-4-8-21-19)20(26)24-11-9-23(10-12-24)13-18-22-17(14-27-18)15-5-2-1-3-6-15/h1-3,5-6,14,16H,4,7-13H2,(H,21,25). The zero-order valence-corrected chi connectivity index (χ0v) is 16.1. The summed E-state index contributed by atoms with van der Waals surface area (Å²) in [6.07, 6.45) is 1.56. The van der Waals surface area contributed by atoms with Gasteiger partial charge in [-0.2, -0.15) is 0 Å². The Balaban J connectivity index is 1.30. The topological polar surface area (TPSA) is 65.5 Å². The van der Waals surface area contributed by atoms with Gasteiger partial charge in [0.05, 0.1) is 12.2 Å². The van der Waals surface area contributed by atoms with E-state index in [1.54, 1.807) is 11.3 Å². The zero-order chi connectivity index (χ0) is 18.6. The van der Waals surface area contributed by atoms with E-state index in [1.807, 2.05) is 23.1 Å². The van der Waals surface area contributed by atoms with Gasteiger partial charge in [-0.1, -0.05) is 30.3 Å². The van der Waals surface area contributed by atoms with Gasteiger partial charge in [0.2, 0.25) is 11.8 Å². The number of thiazole rings is 1. The highest BCUT2D eigenvalue weighted by Gasteiger charge is 2.33. The summed E-state index contributed by atoms with van der Waals surface area (Å²) < 4.78 is 0. The second-order valence-electron chi connectivity index (χ2n) is 7.08. The van der Waals surface area contributed by atoms with Crippen molar-refractivity contribution in [1.82, 2.24) is 20.1 Å². The monoisotopic (exact) mass is 384 g/mol. The van der Waals surface area contributed by atoms with Crippen molar-refractivity contribution in [2.75, 3.05) is 32.7 Å². The average molecular weight is 385 g/mol. The highest BCUT2D eigenvalue weighted by molar-refractivity contribution is 7.09. The predicted octanol–water partition coefficient (Wildman–Crippen LogP) is 1.98. The van der Waals surface area contributed by atoms with Gasteiger partial charge < -0.3 is 10.2 Å². The first kappa shape index (κ1) is 18.1. The number of carbonyl (C=O) groups excluding carboxylic acids is 2. The molecule has 2 saturated heterocycles. The number of benzene rings is 1. The van der Waals surface area contributed by atoms with Gasteiger partial charge in [0, 0.05) is 43.7 Å². The van der Waals surface area contributed by atoms with Gasteiger partial charge in [0.15, 0.2) is 0 Å². The molecule has 2 fully saturated rings. The maximum Gasteiger partial charge on any atom is 0.235 e. The molecule has 1 unspecified atom stereocenters. The second kappa shape index (κ2) is 8.19. The fraction of sp³-hybridized carbons (Fsp3) is 0.450. The van der Waals surface area contributed by atoms with E-state index in [1.165, 1.54) is 0 Å². The summed E-state index contributed by atoms with van der Waals surface area (Å²) in [6, 6.07) is 10.2. The van der Waals surface area contributed by atoms with Crippen molar-refractivity contribution in [3.8, 4) is 11.3 Å². The van der Waals surface area contributed by atoms with Crippen LogP contribution in [0.25, 0.3) is 11.3 Å². The summed E-state index contributed by atoms with van der Waals surface area (Å²) in [6.45, 7) is 4.50. The van der Waals surface area contributed by atoms with Crippen LogP contribution in [-0.2, 0) is 16.1 Å². The molecular weight excluding hydrogens is 360 g/mol. The van der Waals surface area contributed by atoms with Gasteiger partial charge >= 0.3 is 0 Å². The number of nitrogens with zero attached hydrogens (tertiary/aromatic N) is 3. The predicted molar refractivity (Wildman–Crippen MR) is 105 cm³/mol. The van der Waals surface area contributed by atoms with E-state index in [2.05, 4.69) is 27.7 Å². The van der Waals surface area contributed by atoms with Crippen molar-refractivity contribution in [3.05, 3.63) is 40.7 Å². The van der Waals surface area contributed by atoms with Crippen LogP contribution in [0.5, 0.6) is 0 Å². The molecule has 2 aromatic rings. The molecule has 142 valence electrons. The number of aromatic nitrogens is 1. The SMILES string of the molecule is O=C1NCCCC1C(=O)N1CCN(Cc2nc(-c3ccccc3)cs2)CC1. The minimum Gasteiger partial charge on any atom is -0.355 e. The summed E-state index contributed by atoms with van der Waals surface area (Å²) >= 11 is 1.68. The van der Waals surface area contributed by atoms with Crippen LogP contribution >= 0.6 is 11.3 Å². The first-order chi connectivity index (χ1) is 13.2. The molecule has 1 aromatic heterocycles. The lowest BCUT2D eigenvalue weighted by Crippen LogP contribution is -2.53. The zero-order valence-electron chi connectivity index (χ0n) is 15.3. The molecule has 2 aliphatic rings. The fourth-order valence-electron chi connectivity index (χ4n) is 3.67. The highest BCUT2D eigenvalue weighted by atomic mass is 32.1. The Labute approximate surface area is 163 Å². The number of nitrogens with one attached hydrogen (secondary N) is 1. The smallest absolute Gasteiger partial charge is 0.235 e. The molecule has 0 bridgehead atoms. The first-order valence-corrected chi connectivity index (χ1v) is 10.4. The molecule has 0 spiro atoms. The number of hydrogen-bond acceptors (Lipinski definition) is 5. The number of piperidine rings is 1. The molecule has 0 radical (unpaired) electrons. The lowest BCUT2D eigenvalue weighted by Gasteiger charge is -2.36. The first-order valence-electron chi connectivity index (χ1n) is 9.49. The fourth-order valence-corrected chi connectivity index (χ4v) is 4.52. The summed E-state index contributed by atoms with van der Waals surface area (Å²) in [4.78, 5) is 33.5. The Bertz CT molecular complexity index is 799. The van der Waals surface area contributed by atoms with Crippen LogP contribution in [0, 0.1) is 5.92 Å². The van der Waals surface area contributed by atoms with E-state index in [0.29, 0.717) is 26.1 Å². The number of carbonyl (C=O) groups is 2. The second-order valence-corrected chi connectivity index (χ2v) is 8.02. The summed E-state index contributed by atoms with van der Waals surface area (Å²) in [7, 11) is 0. The van der Waals surface area contributed by atoms with E-state index in [-0.39, 0.29) is 11.8 Å². The summed E-state index contributed by atoms with van der Waals surface area (Å²) in [5.41, 5.74) is 2.16. The molecule has 6 nitrogen and oxygen atoms in total. The van der Waals surface area contributed by atoms with Gasteiger partial charge in [-0.05, 0) is 12.8 Å². The van der Waals surface area contributed by atoms with E-state index in [4.69, 9.17) is 4.98 Å². The number of hydrogen-bond donors (Lipinski definition) is 1. The number of amides is 2. The lowest BCUT2D eigenvalue weighted by atomic mass is 9.97.